The van der Waals surface area contributed by atoms with Gasteiger partial charge in [-0.1, -0.05) is 194 Å². The second-order valence-electron chi connectivity index (χ2n) is 20.8. The number of carboxylic acids is 8. The van der Waals surface area contributed by atoms with Gasteiger partial charge in [0.05, 0.1) is 0 Å². The summed E-state index contributed by atoms with van der Waals surface area (Å²) in [7, 11) is 0. The minimum atomic E-state index is -1.82. The molecule has 8 rings (SSSR count). The maximum absolute atomic E-state index is 9.10. The molecule has 4 aliphatic rings. The topological polar surface area (TPSA) is 378 Å². The molecule has 0 bridgehead atoms. The Kier molecular flexibility index (Phi) is 40.5. The van der Waals surface area contributed by atoms with Crippen LogP contribution in [0.3, 0.4) is 0 Å². The fourth-order valence-electron chi connectivity index (χ4n) is 9.32. The monoisotopic (exact) mass is 1280 g/mol. The molecule has 93 heavy (non-hydrogen) atoms. The molecule has 0 heterocycles. The summed E-state index contributed by atoms with van der Waals surface area (Å²) in [5.74, 6) is -14.6. The number of carbonyl (C=O) groups is 8. The number of benzene rings is 4. The second kappa shape index (κ2) is 47.7. The normalized spacial score (nSPS) is 10.1. The van der Waals surface area contributed by atoms with Crippen LogP contribution in [0.1, 0.15) is 95.9 Å². The summed E-state index contributed by atoms with van der Waals surface area (Å²) < 4.78 is 0. The van der Waals surface area contributed by atoms with Crippen LogP contribution in [0.15, 0.2) is 194 Å². The lowest BCUT2D eigenvalue weighted by atomic mass is 10.1. The predicted molar refractivity (Wildman–Crippen MR) is 355 cm³/mol. The molecule has 14 N–H and O–H groups in total. The second-order valence-corrected chi connectivity index (χ2v) is 20.8. The number of carboxylic acid groups (broad SMARTS) is 8. The van der Waals surface area contributed by atoms with Crippen molar-refractivity contribution in [1.29, 1.82) is 0 Å². The fourth-order valence-corrected chi connectivity index (χ4v) is 9.32. The number of rotatable bonds is 28. The number of hydrogen-bond acceptors (Lipinski definition) is 12. The van der Waals surface area contributed by atoms with Gasteiger partial charge in [0.1, 0.15) is 0 Å². The first-order valence-corrected chi connectivity index (χ1v) is 30.2. The Hall–Kier alpha value is -10.2. The summed E-state index contributed by atoms with van der Waals surface area (Å²) in [6, 6.07) is 70.0. The lowest BCUT2D eigenvalue weighted by molar-refractivity contribution is -0.159. The van der Waals surface area contributed by atoms with Crippen LogP contribution in [-0.2, 0) is 90.2 Å². The van der Waals surface area contributed by atoms with E-state index in [1.54, 1.807) is 0 Å². The zero-order chi connectivity index (χ0) is 67.1. The molecule has 0 saturated carbocycles. The van der Waals surface area contributed by atoms with Gasteiger partial charge in [0.15, 0.2) is 0 Å². The van der Waals surface area contributed by atoms with Gasteiger partial charge in [0.2, 0.25) is 0 Å². The van der Waals surface area contributed by atoms with E-state index in [9.17, 15) is 0 Å². The largest absolute Gasteiger partial charge is 0.473 e. The van der Waals surface area contributed by atoms with Crippen molar-refractivity contribution in [3.63, 3.8) is 0 Å². The summed E-state index contributed by atoms with van der Waals surface area (Å²) in [4.78, 5) is 72.8. The third-order valence-electron chi connectivity index (χ3n) is 13.8. The summed E-state index contributed by atoms with van der Waals surface area (Å²) in [5.41, 5.74) is 16.9. The molecule has 4 aliphatic carbocycles. The number of nitrogens with one attached hydrogen (secondary N) is 4. The third kappa shape index (κ3) is 35.1. The molecule has 0 aliphatic heterocycles. The third-order valence-corrected chi connectivity index (χ3v) is 13.8. The zero-order valence-electron chi connectivity index (χ0n) is 52.0. The van der Waals surface area contributed by atoms with Gasteiger partial charge >= 0.3 is 47.8 Å². The SMILES string of the molecule is O.O=C(O)C(=O)O.O=C(O)C(=O)O.O=C(O)C(=O)O.O=C(O)C(=O)O.c1ccc(CCCCNCc2cc(CNCCCCc3ccccc3)c3cccccc2-3)cc1.c1ccc(CCCCNCc2cc(CNCCCCc3ccccc3)c3cccccc2-3)cc1. The number of aliphatic carboxylic acids is 8. The molecule has 0 fully saturated rings. The standard InChI is InChI=1S/2C32H38N2.4C2H2O4.H2O/c2*1-4-14-27(15-5-1)18-10-12-22-33-25-29-24-30(32-21-9-3-8-20-31(29)32)26-34-23-13-11-19-28-16-6-2-7-17-28;4*3-1(4)2(5)6;/h2*1-9,14-17,20-21,24,33-34H,10-13,18-19,22-23,25-26H2;4*(H,3,4)(H,5,6);1H2. The minimum Gasteiger partial charge on any atom is -0.473 e. The first kappa shape index (κ1) is 78.9. The van der Waals surface area contributed by atoms with Gasteiger partial charge < -0.3 is 67.6 Å². The molecule has 21 nitrogen and oxygen atoms in total. The molecule has 0 unspecified atom stereocenters. The van der Waals surface area contributed by atoms with Crippen molar-refractivity contribution in [2.45, 2.75) is 103 Å². The summed E-state index contributed by atoms with van der Waals surface area (Å²) in [6.45, 7) is 7.99. The average molecular weight is 1280 g/mol. The van der Waals surface area contributed by atoms with E-state index in [0.717, 1.165) is 52.4 Å². The Morgan fingerprint density at radius 1 is 0.237 bits per heavy atom. The van der Waals surface area contributed by atoms with Crippen molar-refractivity contribution < 1.29 is 84.7 Å². The number of unbranched alkanes of at least 4 members (excludes halogenated alkanes) is 4. The Labute approximate surface area is 541 Å². The maximum atomic E-state index is 9.10. The highest BCUT2D eigenvalue weighted by Crippen LogP contribution is 2.33. The van der Waals surface area contributed by atoms with Gasteiger partial charge in [-0.05, 0) is 170 Å². The lowest BCUT2D eigenvalue weighted by Crippen LogP contribution is -2.15. The van der Waals surface area contributed by atoms with E-state index in [-0.39, 0.29) is 5.48 Å². The highest BCUT2D eigenvalue weighted by Gasteiger charge is 2.16. The molecular weight excluding hydrogens is 1190 g/mol. The van der Waals surface area contributed by atoms with Crippen LogP contribution in [0.5, 0.6) is 0 Å². The number of aryl methyl sites for hydroxylation is 4. The Morgan fingerprint density at radius 2 is 0.398 bits per heavy atom. The molecule has 496 valence electrons. The Bertz CT molecular complexity index is 2890. The van der Waals surface area contributed by atoms with Crippen molar-refractivity contribution in [2.24, 2.45) is 0 Å². The van der Waals surface area contributed by atoms with Crippen LogP contribution in [0.4, 0.5) is 0 Å². The first-order valence-electron chi connectivity index (χ1n) is 30.2. The van der Waals surface area contributed by atoms with Crippen molar-refractivity contribution in [1.82, 2.24) is 21.3 Å². The molecule has 0 atom stereocenters. The van der Waals surface area contributed by atoms with Crippen molar-refractivity contribution in [2.75, 3.05) is 26.2 Å². The molecule has 4 aromatic rings. The lowest BCUT2D eigenvalue weighted by Gasteiger charge is -2.06. The molecule has 0 radical (unpaired) electrons. The fraction of sp³-hybridized carbons (Fsp3) is 0.278. The summed E-state index contributed by atoms with van der Waals surface area (Å²) in [5, 5.41) is 73.9. The van der Waals surface area contributed by atoms with Crippen LogP contribution < -0.4 is 21.3 Å². The Balaban J connectivity index is 0.000000465. The van der Waals surface area contributed by atoms with Gasteiger partial charge in [-0.15, -0.1) is 0 Å². The maximum Gasteiger partial charge on any atom is 0.414 e. The number of hydrogen-bond donors (Lipinski definition) is 12. The van der Waals surface area contributed by atoms with E-state index in [1.807, 2.05) is 0 Å². The van der Waals surface area contributed by atoms with Gasteiger partial charge in [0, 0.05) is 26.2 Å². The van der Waals surface area contributed by atoms with E-state index in [4.69, 9.17) is 79.2 Å². The van der Waals surface area contributed by atoms with Crippen LogP contribution in [0.2, 0.25) is 0 Å². The molecule has 21 heteroatoms. The van der Waals surface area contributed by atoms with E-state index in [1.165, 1.54) is 144 Å². The summed E-state index contributed by atoms with van der Waals surface area (Å²) in [6.07, 6.45) is 14.4. The molecule has 0 aromatic heterocycles. The Morgan fingerprint density at radius 3 is 0.559 bits per heavy atom. The quantitative estimate of drug-likeness (QED) is 0.0160. The van der Waals surface area contributed by atoms with Crippen LogP contribution in [0.25, 0.3) is 22.3 Å². The number of fused-ring (bicyclic) bond motifs is 2. The summed E-state index contributed by atoms with van der Waals surface area (Å²) >= 11 is 0. The zero-order valence-corrected chi connectivity index (χ0v) is 52.0. The van der Waals surface area contributed by atoms with Crippen LogP contribution in [0, 0.1) is 0 Å². The van der Waals surface area contributed by atoms with Crippen LogP contribution >= 0.6 is 0 Å². The minimum absolute atomic E-state index is 0. The van der Waals surface area contributed by atoms with Gasteiger partial charge in [-0.25, -0.2) is 38.4 Å². The highest BCUT2D eigenvalue weighted by atomic mass is 16.5. The van der Waals surface area contributed by atoms with Crippen molar-refractivity contribution in [3.05, 3.63) is 239 Å². The van der Waals surface area contributed by atoms with Gasteiger partial charge in [-0.3, -0.25) is 0 Å². The van der Waals surface area contributed by atoms with Crippen molar-refractivity contribution in [3.8, 4) is 22.3 Å². The molecular formula is C72H86N4O17. The van der Waals surface area contributed by atoms with Gasteiger partial charge in [0.25, 0.3) is 0 Å². The molecule has 0 spiro atoms. The predicted octanol–water partition coefficient (Wildman–Crippen LogP) is 9.83. The highest BCUT2D eigenvalue weighted by molar-refractivity contribution is 6.28. The molecule has 0 amide bonds. The smallest absolute Gasteiger partial charge is 0.414 e. The van der Waals surface area contributed by atoms with Crippen molar-refractivity contribution >= 4 is 47.8 Å². The van der Waals surface area contributed by atoms with E-state index in [0.29, 0.717) is 0 Å². The molecule has 4 aromatic carbocycles. The van der Waals surface area contributed by atoms with E-state index in [2.05, 4.69) is 215 Å². The van der Waals surface area contributed by atoms with E-state index >= 15 is 0 Å². The van der Waals surface area contributed by atoms with Crippen LogP contribution in [-0.4, -0.2) is 120 Å². The van der Waals surface area contributed by atoms with E-state index < -0.39 is 47.8 Å². The average Bonchev–Trinajstić information content (AvgIpc) is 1.75. The first-order chi connectivity index (χ1) is 44.4. The van der Waals surface area contributed by atoms with Gasteiger partial charge in [-0.2, -0.15) is 0 Å². The molecule has 0 saturated heterocycles.